The minimum Gasteiger partial charge on any atom is -0.308 e. The molecular weight excluding hydrogens is 284 g/mol. The first-order chi connectivity index (χ1) is 10.3. The molecule has 0 saturated carbocycles. The number of rotatable bonds is 5. The first kappa shape index (κ1) is 13.6. The molecule has 3 aromatic rings. The van der Waals surface area contributed by atoms with E-state index in [0.717, 1.165) is 17.0 Å². The van der Waals surface area contributed by atoms with Crippen molar-refractivity contribution in [1.29, 1.82) is 0 Å². The van der Waals surface area contributed by atoms with Crippen molar-refractivity contribution in [2.75, 3.05) is 11.1 Å². The Hall–Kier alpha value is -2.41. The first-order valence-corrected chi connectivity index (χ1v) is 7.55. The maximum Gasteiger partial charge on any atom is 0.225 e. The van der Waals surface area contributed by atoms with E-state index in [1.807, 2.05) is 42.5 Å². The average Bonchev–Trinajstić information content (AvgIpc) is 2.97. The maximum atomic E-state index is 4.29. The Kier molecular flexibility index (Phi) is 4.11. The van der Waals surface area contributed by atoms with Crippen LogP contribution in [0.4, 0.5) is 11.8 Å². The van der Waals surface area contributed by atoms with Gasteiger partial charge in [0.15, 0.2) is 5.82 Å². The quantitative estimate of drug-likeness (QED) is 0.705. The Morgan fingerprint density at radius 2 is 1.95 bits per heavy atom. The van der Waals surface area contributed by atoms with Gasteiger partial charge in [-0.2, -0.15) is 4.98 Å². The van der Waals surface area contributed by atoms with Gasteiger partial charge in [-0.1, -0.05) is 49.0 Å². The van der Waals surface area contributed by atoms with Gasteiger partial charge >= 0.3 is 0 Å². The zero-order valence-corrected chi connectivity index (χ0v) is 12.3. The van der Waals surface area contributed by atoms with Crippen LogP contribution in [-0.4, -0.2) is 31.1 Å². The third-order valence-electron chi connectivity index (χ3n) is 2.72. The Morgan fingerprint density at radius 3 is 2.67 bits per heavy atom. The molecule has 2 N–H and O–H groups in total. The molecule has 0 amide bonds. The number of anilines is 2. The van der Waals surface area contributed by atoms with E-state index in [1.54, 1.807) is 11.8 Å². The predicted octanol–water partition coefficient (Wildman–Crippen LogP) is 3.12. The first-order valence-electron chi connectivity index (χ1n) is 6.56. The zero-order chi connectivity index (χ0) is 14.5. The molecule has 0 bridgehead atoms. The highest BCUT2D eigenvalue weighted by atomic mass is 32.2. The summed E-state index contributed by atoms with van der Waals surface area (Å²) in [6, 6.07) is 13.7. The smallest absolute Gasteiger partial charge is 0.225 e. The largest absolute Gasteiger partial charge is 0.308 e. The maximum absolute atomic E-state index is 4.29. The normalized spacial score (nSPS) is 10.5. The summed E-state index contributed by atoms with van der Waals surface area (Å²) in [7, 11) is 0. The number of nitrogens with one attached hydrogen (secondary N) is 2. The highest BCUT2D eigenvalue weighted by Crippen LogP contribution is 2.18. The molecule has 0 aliphatic rings. The molecule has 1 aromatic carbocycles. The van der Waals surface area contributed by atoms with Crippen molar-refractivity contribution in [1.82, 2.24) is 25.4 Å². The van der Waals surface area contributed by atoms with Crippen LogP contribution in [0.3, 0.4) is 0 Å². The minimum atomic E-state index is 0.563. The third kappa shape index (κ3) is 3.38. The van der Waals surface area contributed by atoms with E-state index in [2.05, 4.69) is 37.6 Å². The lowest BCUT2D eigenvalue weighted by atomic mass is 10.1. The zero-order valence-electron chi connectivity index (χ0n) is 11.4. The number of hydrogen-bond donors (Lipinski definition) is 2. The van der Waals surface area contributed by atoms with Gasteiger partial charge in [0.25, 0.3) is 0 Å². The molecule has 0 radical (unpaired) electrons. The molecule has 2 heterocycles. The molecule has 0 spiro atoms. The summed E-state index contributed by atoms with van der Waals surface area (Å²) in [5.74, 6) is 2.12. The van der Waals surface area contributed by atoms with Gasteiger partial charge in [-0.05, 0) is 17.9 Å². The molecule has 7 heteroatoms. The second-order valence-corrected chi connectivity index (χ2v) is 5.43. The summed E-state index contributed by atoms with van der Waals surface area (Å²) in [5.41, 5.74) is 1.87. The number of hydrogen-bond acceptors (Lipinski definition) is 6. The van der Waals surface area contributed by atoms with Crippen LogP contribution in [0.1, 0.15) is 6.92 Å². The van der Waals surface area contributed by atoms with E-state index in [0.29, 0.717) is 16.9 Å². The third-order valence-corrected chi connectivity index (χ3v) is 3.45. The number of nitrogens with zero attached hydrogens (tertiary/aromatic N) is 4. The Morgan fingerprint density at radius 1 is 1.10 bits per heavy atom. The van der Waals surface area contributed by atoms with Crippen LogP contribution in [0.5, 0.6) is 0 Å². The van der Waals surface area contributed by atoms with E-state index in [9.17, 15) is 0 Å². The summed E-state index contributed by atoms with van der Waals surface area (Å²) in [6.45, 7) is 2.06. The SMILES string of the molecule is CCSc1n[nH]c(Nc2ccc(-c3ccccc3)nn2)n1. The highest BCUT2D eigenvalue weighted by molar-refractivity contribution is 7.99. The van der Waals surface area contributed by atoms with Crippen molar-refractivity contribution >= 4 is 23.5 Å². The van der Waals surface area contributed by atoms with Crippen molar-refractivity contribution in [2.45, 2.75) is 12.1 Å². The average molecular weight is 298 g/mol. The fourth-order valence-corrected chi connectivity index (χ4v) is 2.30. The topological polar surface area (TPSA) is 79.4 Å². The number of aromatic nitrogens is 5. The Bertz CT molecular complexity index is 695. The predicted molar refractivity (Wildman–Crippen MR) is 83.5 cm³/mol. The van der Waals surface area contributed by atoms with Gasteiger partial charge in [-0.25, -0.2) is 5.10 Å². The van der Waals surface area contributed by atoms with Gasteiger partial charge < -0.3 is 5.32 Å². The molecule has 106 valence electrons. The summed E-state index contributed by atoms with van der Waals surface area (Å²) >= 11 is 1.58. The molecule has 21 heavy (non-hydrogen) atoms. The van der Waals surface area contributed by atoms with E-state index in [-0.39, 0.29) is 0 Å². The molecule has 6 nitrogen and oxygen atoms in total. The van der Waals surface area contributed by atoms with Crippen molar-refractivity contribution in [3.63, 3.8) is 0 Å². The molecule has 0 aliphatic heterocycles. The fraction of sp³-hybridized carbons (Fsp3) is 0.143. The molecular formula is C14H14N6S. The minimum absolute atomic E-state index is 0.563. The van der Waals surface area contributed by atoms with Gasteiger partial charge in [0.1, 0.15) is 0 Å². The van der Waals surface area contributed by atoms with Gasteiger partial charge in [0, 0.05) is 5.56 Å². The lowest BCUT2D eigenvalue weighted by Gasteiger charge is -2.02. The Balaban J connectivity index is 1.72. The molecule has 0 atom stereocenters. The summed E-state index contributed by atoms with van der Waals surface area (Å²) in [5, 5.41) is 19.0. The Labute approximate surface area is 126 Å². The lowest BCUT2D eigenvalue weighted by molar-refractivity contribution is 0.973. The number of benzene rings is 1. The second-order valence-electron chi connectivity index (χ2n) is 4.19. The van der Waals surface area contributed by atoms with Gasteiger partial charge in [0.05, 0.1) is 5.69 Å². The molecule has 3 rings (SSSR count). The van der Waals surface area contributed by atoms with E-state index in [4.69, 9.17) is 0 Å². The number of aromatic amines is 1. The van der Waals surface area contributed by atoms with Crippen molar-refractivity contribution < 1.29 is 0 Å². The summed E-state index contributed by atoms with van der Waals surface area (Å²) in [4.78, 5) is 4.29. The van der Waals surface area contributed by atoms with Gasteiger partial charge in [-0.15, -0.1) is 15.3 Å². The monoisotopic (exact) mass is 298 g/mol. The van der Waals surface area contributed by atoms with E-state index >= 15 is 0 Å². The van der Waals surface area contributed by atoms with Crippen molar-refractivity contribution in [2.24, 2.45) is 0 Å². The molecule has 0 unspecified atom stereocenters. The van der Waals surface area contributed by atoms with E-state index < -0.39 is 0 Å². The van der Waals surface area contributed by atoms with Crippen LogP contribution in [-0.2, 0) is 0 Å². The van der Waals surface area contributed by atoms with Crippen LogP contribution in [0.2, 0.25) is 0 Å². The molecule has 0 fully saturated rings. The summed E-state index contributed by atoms with van der Waals surface area (Å²) in [6.07, 6.45) is 0. The highest BCUT2D eigenvalue weighted by Gasteiger charge is 2.05. The fourth-order valence-electron chi connectivity index (χ4n) is 1.78. The molecule has 0 saturated heterocycles. The van der Waals surface area contributed by atoms with Gasteiger partial charge in [0.2, 0.25) is 11.1 Å². The van der Waals surface area contributed by atoms with E-state index in [1.165, 1.54) is 0 Å². The van der Waals surface area contributed by atoms with Crippen molar-refractivity contribution in [3.05, 3.63) is 42.5 Å². The van der Waals surface area contributed by atoms with Gasteiger partial charge in [-0.3, -0.25) is 0 Å². The van der Waals surface area contributed by atoms with Crippen LogP contribution < -0.4 is 5.32 Å². The van der Waals surface area contributed by atoms with Crippen molar-refractivity contribution in [3.8, 4) is 11.3 Å². The number of H-pyrrole nitrogens is 1. The standard InChI is InChI=1S/C14H14N6S/c1-2-21-14-16-13(19-20-14)15-12-9-8-11(17-18-12)10-6-4-3-5-7-10/h3-9H,2H2,1H3,(H2,15,16,18,19,20). The number of thioether (sulfide) groups is 1. The lowest BCUT2D eigenvalue weighted by Crippen LogP contribution is -1.97. The van der Waals surface area contributed by atoms with Crippen LogP contribution in [0.25, 0.3) is 11.3 Å². The van der Waals surface area contributed by atoms with Crippen LogP contribution in [0, 0.1) is 0 Å². The second kappa shape index (κ2) is 6.36. The van der Waals surface area contributed by atoms with Crippen LogP contribution >= 0.6 is 11.8 Å². The van der Waals surface area contributed by atoms with Crippen LogP contribution in [0.15, 0.2) is 47.6 Å². The summed E-state index contributed by atoms with van der Waals surface area (Å²) < 4.78 is 0. The molecule has 2 aromatic heterocycles. The molecule has 0 aliphatic carbocycles.